The monoisotopic (exact) mass is 878 g/mol. The van der Waals surface area contributed by atoms with Gasteiger partial charge < -0.3 is 25.2 Å². The van der Waals surface area contributed by atoms with Gasteiger partial charge >= 0.3 is 0 Å². The second kappa shape index (κ2) is 17.9. The molecule has 4 aromatic heterocycles. The van der Waals surface area contributed by atoms with E-state index in [1.165, 1.54) is 27.6 Å². The van der Waals surface area contributed by atoms with E-state index in [2.05, 4.69) is 66.5 Å². The van der Waals surface area contributed by atoms with Gasteiger partial charge in [-0.25, -0.2) is 0 Å². The van der Waals surface area contributed by atoms with Crippen molar-refractivity contribution in [3.63, 3.8) is 0 Å². The Hall–Kier alpha value is -6.05. The first kappa shape index (κ1) is 40.4. The molecule has 1 saturated carbocycles. The summed E-state index contributed by atoms with van der Waals surface area (Å²) in [7, 11) is 1.66. The lowest BCUT2D eigenvalue weighted by Gasteiger charge is -2.32. The van der Waals surface area contributed by atoms with Gasteiger partial charge in [0.1, 0.15) is 5.75 Å². The van der Waals surface area contributed by atoms with Crippen LogP contribution in [0.4, 0.5) is 32.2 Å². The Morgan fingerprint density at radius 3 is 1.93 bits per heavy atom. The number of carbonyl (C=O) groups excluding carboxylic acids is 2. The summed E-state index contributed by atoms with van der Waals surface area (Å²) in [4.78, 5) is 34.1. The van der Waals surface area contributed by atoms with Crippen LogP contribution in [0.2, 0.25) is 5.02 Å². The average Bonchev–Trinajstić information content (AvgIpc) is 3.80. The minimum atomic E-state index is -1.07. The highest BCUT2D eigenvalue weighted by molar-refractivity contribution is 7.19. The first-order chi connectivity index (χ1) is 29.8. The molecule has 3 aliphatic rings. The van der Waals surface area contributed by atoms with Crippen LogP contribution in [0.25, 0.3) is 0 Å². The summed E-state index contributed by atoms with van der Waals surface area (Å²) >= 11 is 9.36. The molecular weight excluding hydrogens is 836 g/mol. The lowest BCUT2D eigenvalue weighted by Crippen LogP contribution is -2.39. The summed E-state index contributed by atoms with van der Waals surface area (Å²) < 4.78 is 6.51. The molecule has 6 aromatic rings. The van der Waals surface area contributed by atoms with Crippen molar-refractivity contribution in [2.75, 3.05) is 63.9 Å². The van der Waals surface area contributed by atoms with Crippen LogP contribution in [0.3, 0.4) is 0 Å². The molecule has 1 atom stereocenters. The van der Waals surface area contributed by atoms with E-state index in [1.54, 1.807) is 31.6 Å². The Morgan fingerprint density at radius 2 is 1.34 bits per heavy atom. The van der Waals surface area contributed by atoms with Crippen LogP contribution in [-0.4, -0.2) is 97.9 Å². The van der Waals surface area contributed by atoms with Crippen molar-refractivity contribution in [1.29, 1.82) is 0 Å². The lowest BCUT2D eigenvalue weighted by molar-refractivity contribution is -0.125. The van der Waals surface area contributed by atoms with Gasteiger partial charge in [-0.15, -0.1) is 30.6 Å². The molecule has 314 valence electrons. The highest BCUT2D eigenvalue weighted by atomic mass is 35.5. The third-order valence-electron chi connectivity index (χ3n) is 11.3. The SMILES string of the molecule is CN(C(=O)C(Oc1cc(C2(C(=O)Nc3nnc(NC4CCN(c5cccnn5)CC4)s3)CC2)ccc1Cl)c1ccccc1)c1nnc(NC2CCN(c3cccnn3)CC2)s1. The number of rotatable bonds is 14. The number of nitrogens with one attached hydrogen (secondary N) is 3. The third kappa shape index (κ3) is 9.18. The molecule has 0 bridgehead atoms. The number of ether oxygens (including phenoxy) is 1. The standard InChI is InChI=1S/C41H43ClN14O3S2/c1-54(40-53-52-38(61-40)46-29-15-23-56(24-16-29)33-10-6-20-44-49-33)35(57)34(26-7-3-2-4-8-26)59-31-25-27(11-12-30(31)42)41(17-18-41)36(58)47-39-51-50-37(60-39)45-28-13-21-55(22-14-28)32-9-5-19-43-48-32/h2-12,19-20,25,28-29,34H,13-18,21-24H2,1H3,(H,45,50)(H,46,52)(H,47,51,58). The van der Waals surface area contributed by atoms with E-state index in [4.69, 9.17) is 16.3 Å². The van der Waals surface area contributed by atoms with Crippen molar-refractivity contribution >= 4 is 78.3 Å². The maximum Gasteiger partial charge on any atom is 0.274 e. The Kier molecular flexibility index (Phi) is 11.8. The quantitative estimate of drug-likeness (QED) is 0.111. The molecule has 1 unspecified atom stereocenters. The second-order valence-electron chi connectivity index (χ2n) is 15.3. The number of nitrogens with zero attached hydrogens (tertiary/aromatic N) is 11. The van der Waals surface area contributed by atoms with Gasteiger partial charge in [0.2, 0.25) is 32.5 Å². The lowest BCUT2D eigenvalue weighted by atomic mass is 9.94. The van der Waals surface area contributed by atoms with E-state index in [9.17, 15) is 9.59 Å². The van der Waals surface area contributed by atoms with E-state index < -0.39 is 11.5 Å². The molecule has 9 rings (SSSR count). The Balaban J connectivity index is 0.835. The molecule has 61 heavy (non-hydrogen) atoms. The maximum absolute atomic E-state index is 14.3. The zero-order valence-corrected chi connectivity index (χ0v) is 35.6. The van der Waals surface area contributed by atoms with Gasteiger partial charge in [0, 0.05) is 63.3 Å². The molecule has 0 radical (unpaired) electrons. The molecule has 20 heteroatoms. The Bertz CT molecular complexity index is 2430. The van der Waals surface area contributed by atoms with Crippen LogP contribution >= 0.6 is 34.3 Å². The summed E-state index contributed by atoms with van der Waals surface area (Å²) in [5, 5.41) is 46.2. The summed E-state index contributed by atoms with van der Waals surface area (Å²) in [5.41, 5.74) is 0.562. The van der Waals surface area contributed by atoms with Crippen LogP contribution in [0.15, 0.2) is 85.2 Å². The second-order valence-corrected chi connectivity index (χ2v) is 17.6. The number of amides is 2. The van der Waals surface area contributed by atoms with Gasteiger partial charge in [0.05, 0.1) is 10.4 Å². The van der Waals surface area contributed by atoms with Crippen LogP contribution in [0, 0.1) is 0 Å². The normalized spacial score (nSPS) is 17.0. The number of carbonyl (C=O) groups is 2. The average molecular weight is 879 g/mol. The predicted molar refractivity (Wildman–Crippen MR) is 236 cm³/mol. The largest absolute Gasteiger partial charge is 0.474 e. The fraction of sp³-hybridized carbons (Fsp3) is 0.366. The Morgan fingerprint density at radius 1 is 0.754 bits per heavy atom. The van der Waals surface area contributed by atoms with Gasteiger partial charge in [0.15, 0.2) is 11.6 Å². The van der Waals surface area contributed by atoms with E-state index in [1.807, 2.05) is 60.7 Å². The Labute approximate surface area is 364 Å². The number of benzene rings is 2. The van der Waals surface area contributed by atoms with Gasteiger partial charge in [-0.2, -0.15) is 10.2 Å². The van der Waals surface area contributed by atoms with Crippen molar-refractivity contribution in [3.05, 3.63) is 101 Å². The van der Waals surface area contributed by atoms with Crippen LogP contribution in [0.5, 0.6) is 5.75 Å². The zero-order valence-electron chi connectivity index (χ0n) is 33.2. The molecule has 2 amide bonds. The van der Waals surface area contributed by atoms with Gasteiger partial charge in [0.25, 0.3) is 5.91 Å². The number of aromatic nitrogens is 8. The molecule has 2 aromatic carbocycles. The zero-order chi connectivity index (χ0) is 41.8. The highest BCUT2D eigenvalue weighted by Gasteiger charge is 2.52. The number of hydrogen-bond acceptors (Lipinski definition) is 17. The van der Waals surface area contributed by atoms with Gasteiger partial charge in [-0.05, 0) is 80.5 Å². The molecule has 0 spiro atoms. The van der Waals surface area contributed by atoms with Crippen molar-refractivity contribution in [1.82, 2.24) is 40.8 Å². The predicted octanol–water partition coefficient (Wildman–Crippen LogP) is 6.24. The first-order valence-electron chi connectivity index (χ1n) is 20.2. The minimum absolute atomic E-state index is 0.187. The molecule has 3 fully saturated rings. The van der Waals surface area contributed by atoms with Crippen molar-refractivity contribution in [2.24, 2.45) is 0 Å². The molecule has 6 heterocycles. The molecule has 17 nitrogen and oxygen atoms in total. The van der Waals surface area contributed by atoms with Crippen molar-refractivity contribution in [3.8, 4) is 5.75 Å². The molecule has 2 saturated heterocycles. The smallest absolute Gasteiger partial charge is 0.274 e. The third-order valence-corrected chi connectivity index (χ3v) is 13.3. The summed E-state index contributed by atoms with van der Waals surface area (Å²) in [6.07, 6.45) is 7.13. The van der Waals surface area contributed by atoms with Gasteiger partial charge in [-0.1, -0.05) is 70.7 Å². The summed E-state index contributed by atoms with van der Waals surface area (Å²) in [6, 6.07) is 22.7. The maximum atomic E-state index is 14.3. The fourth-order valence-corrected chi connectivity index (χ4v) is 9.35. The van der Waals surface area contributed by atoms with E-state index >= 15 is 0 Å². The molecule has 2 aliphatic heterocycles. The molecule has 3 N–H and O–H groups in total. The summed E-state index contributed by atoms with van der Waals surface area (Å²) in [5.74, 6) is 1.49. The van der Waals surface area contributed by atoms with Gasteiger partial charge in [-0.3, -0.25) is 19.8 Å². The van der Waals surface area contributed by atoms with E-state index in [-0.39, 0.29) is 29.6 Å². The molecular formula is C41H43ClN14O3S2. The van der Waals surface area contributed by atoms with E-state index in [0.29, 0.717) is 44.0 Å². The molecule has 1 aliphatic carbocycles. The number of anilines is 6. The minimum Gasteiger partial charge on any atom is -0.474 e. The van der Waals surface area contributed by atoms with Crippen LogP contribution in [-0.2, 0) is 15.0 Å². The number of hydrogen-bond donors (Lipinski definition) is 3. The highest BCUT2D eigenvalue weighted by Crippen LogP contribution is 2.51. The van der Waals surface area contributed by atoms with Crippen LogP contribution < -0.4 is 35.4 Å². The van der Waals surface area contributed by atoms with Crippen LogP contribution in [0.1, 0.15) is 55.8 Å². The number of likely N-dealkylation sites (N-methyl/N-ethyl adjacent to an activating group) is 1. The van der Waals surface area contributed by atoms with Crippen molar-refractivity contribution in [2.45, 2.75) is 62.1 Å². The van der Waals surface area contributed by atoms with E-state index in [0.717, 1.165) is 69.1 Å². The summed E-state index contributed by atoms with van der Waals surface area (Å²) in [6.45, 7) is 3.36. The number of halogens is 1. The van der Waals surface area contributed by atoms with Crippen molar-refractivity contribution < 1.29 is 14.3 Å². The number of piperidine rings is 2. The fourth-order valence-electron chi connectivity index (χ4n) is 7.69. The first-order valence-corrected chi connectivity index (χ1v) is 22.2. The topological polar surface area (TPSA) is 192 Å².